The summed E-state index contributed by atoms with van der Waals surface area (Å²) in [6, 6.07) is 20.0. The van der Waals surface area contributed by atoms with E-state index >= 15 is 0 Å². The van der Waals surface area contributed by atoms with Gasteiger partial charge >= 0.3 is 0 Å². The number of carbonyl (C=O) groups excluding carboxylic acids is 1. The number of rotatable bonds is 4. The molecule has 0 radical (unpaired) electrons. The van der Waals surface area contributed by atoms with Gasteiger partial charge in [0.1, 0.15) is 0 Å². The number of benzene rings is 2. The third kappa shape index (κ3) is 4.23. The van der Waals surface area contributed by atoms with Gasteiger partial charge in [-0.05, 0) is 43.3 Å². The second kappa shape index (κ2) is 8.62. The molecule has 30 heavy (non-hydrogen) atoms. The minimum absolute atomic E-state index is 0.0519. The largest absolute Gasteiger partial charge is 0.414 e. The van der Waals surface area contributed by atoms with E-state index in [1.54, 1.807) is 48.8 Å². The zero-order valence-electron chi connectivity index (χ0n) is 16.0. The van der Waals surface area contributed by atoms with E-state index in [1.165, 1.54) is 0 Å². The van der Waals surface area contributed by atoms with Gasteiger partial charge in [-0.3, -0.25) is 15.2 Å². The van der Waals surface area contributed by atoms with Crippen LogP contribution in [0.25, 0.3) is 11.5 Å². The van der Waals surface area contributed by atoms with Gasteiger partial charge in [0.15, 0.2) is 4.64 Å². The Kier molecular flexibility index (Phi) is 5.58. The smallest absolute Gasteiger partial charge is 0.279 e. The van der Waals surface area contributed by atoms with E-state index in [-0.39, 0.29) is 22.0 Å². The van der Waals surface area contributed by atoms with Crippen molar-refractivity contribution in [1.82, 2.24) is 14.8 Å². The van der Waals surface area contributed by atoms with Gasteiger partial charge in [-0.25, -0.2) is 0 Å². The monoisotopic (exact) mass is 415 g/mol. The molecule has 0 aliphatic heterocycles. The quantitative estimate of drug-likeness (QED) is 0.397. The van der Waals surface area contributed by atoms with Gasteiger partial charge in [-0.1, -0.05) is 48.1 Å². The lowest BCUT2D eigenvalue weighted by Gasteiger charge is -2.07. The highest BCUT2D eigenvalue weighted by atomic mass is 32.1. The molecule has 148 valence electrons. The predicted octanol–water partition coefficient (Wildman–Crippen LogP) is 4.19. The van der Waals surface area contributed by atoms with E-state index < -0.39 is 0 Å². The molecule has 1 N–H and O–H groups in total. The molecule has 2 aromatic carbocycles. The van der Waals surface area contributed by atoms with Crippen molar-refractivity contribution < 1.29 is 9.21 Å². The van der Waals surface area contributed by atoms with Crippen molar-refractivity contribution in [2.24, 2.45) is 5.10 Å². The van der Waals surface area contributed by atoms with Crippen LogP contribution >= 0.6 is 12.2 Å². The highest BCUT2D eigenvalue weighted by Gasteiger charge is 2.15. The van der Waals surface area contributed by atoms with E-state index in [0.717, 1.165) is 15.9 Å². The highest BCUT2D eigenvalue weighted by Crippen LogP contribution is 2.14. The highest BCUT2D eigenvalue weighted by molar-refractivity contribution is 7.71. The van der Waals surface area contributed by atoms with Crippen LogP contribution in [0.1, 0.15) is 15.9 Å². The fourth-order valence-electron chi connectivity index (χ4n) is 2.64. The van der Waals surface area contributed by atoms with Gasteiger partial charge in [0.25, 0.3) is 11.5 Å². The summed E-state index contributed by atoms with van der Waals surface area (Å²) < 4.78 is 6.98. The van der Waals surface area contributed by atoms with Crippen molar-refractivity contribution in [1.29, 1.82) is 0 Å². The lowest BCUT2D eigenvalue weighted by Crippen LogP contribution is -2.24. The molecule has 0 spiro atoms. The number of nitrogens with zero attached hydrogens (tertiary/aromatic N) is 4. The van der Waals surface area contributed by atoms with Gasteiger partial charge < -0.3 is 4.42 Å². The van der Waals surface area contributed by atoms with Crippen LogP contribution in [0, 0.1) is 11.6 Å². The Hall–Kier alpha value is -3.91. The summed E-state index contributed by atoms with van der Waals surface area (Å²) in [7, 11) is 0. The Balaban J connectivity index is 1.84. The number of nitrogens with one attached hydrogen (secondary N) is 1. The summed E-state index contributed by atoms with van der Waals surface area (Å²) in [5.74, 6) is -0.209. The van der Waals surface area contributed by atoms with Crippen molar-refractivity contribution in [3.05, 3.63) is 100 Å². The van der Waals surface area contributed by atoms with Crippen molar-refractivity contribution >= 4 is 23.8 Å². The Morgan fingerprint density at radius 2 is 1.83 bits per heavy atom. The summed E-state index contributed by atoms with van der Waals surface area (Å²) in [4.78, 5) is 17.1. The normalized spacial score (nSPS) is 11.3. The van der Waals surface area contributed by atoms with E-state index in [2.05, 4.69) is 20.6 Å². The molecule has 0 saturated heterocycles. The molecule has 4 aromatic rings. The number of aromatic nitrogens is 3. The average Bonchev–Trinajstić information content (AvgIpc) is 2.80. The molecule has 0 aliphatic carbocycles. The van der Waals surface area contributed by atoms with Crippen LogP contribution in [0.5, 0.6) is 0 Å². The Morgan fingerprint density at radius 3 is 2.53 bits per heavy atom. The predicted molar refractivity (Wildman–Crippen MR) is 115 cm³/mol. The lowest BCUT2D eigenvalue weighted by atomic mass is 10.2. The van der Waals surface area contributed by atoms with Crippen LogP contribution in [-0.4, -0.2) is 20.7 Å². The third-order valence-electron chi connectivity index (χ3n) is 4.22. The molecule has 0 amide bonds. The van der Waals surface area contributed by atoms with Crippen molar-refractivity contribution in [3.8, 4) is 11.5 Å². The lowest BCUT2D eigenvalue weighted by molar-refractivity contribution is 0.0936. The van der Waals surface area contributed by atoms with Crippen LogP contribution in [0.2, 0.25) is 0 Å². The number of anilines is 1. The molecule has 0 unspecified atom stereocenters. The second-order valence-electron chi connectivity index (χ2n) is 6.43. The zero-order valence-corrected chi connectivity index (χ0v) is 16.8. The van der Waals surface area contributed by atoms with Crippen molar-refractivity contribution in [3.63, 3.8) is 0 Å². The van der Waals surface area contributed by atoms with Gasteiger partial charge in [0, 0.05) is 18.0 Å². The molecular weight excluding hydrogens is 398 g/mol. The first-order valence-corrected chi connectivity index (χ1v) is 9.54. The Labute approximate surface area is 177 Å². The molecule has 8 heteroatoms. The first-order valence-electron chi connectivity index (χ1n) is 9.13. The van der Waals surface area contributed by atoms with Crippen molar-refractivity contribution in [2.75, 3.05) is 5.43 Å². The Bertz CT molecular complexity index is 1300. The van der Waals surface area contributed by atoms with E-state index in [9.17, 15) is 4.79 Å². The molecule has 7 nitrogen and oxygen atoms in total. The fourth-order valence-corrected chi connectivity index (χ4v) is 2.85. The topological polar surface area (TPSA) is 85.3 Å². The van der Waals surface area contributed by atoms with E-state index in [0.29, 0.717) is 11.1 Å². The molecule has 0 aliphatic rings. The summed E-state index contributed by atoms with van der Waals surface area (Å²) in [6.07, 6.45) is 3.22. The fraction of sp³-hybridized carbons (Fsp3) is 0.0455. The van der Waals surface area contributed by atoms with Gasteiger partial charge in [0.05, 0.1) is 11.3 Å². The number of carbonyl (C=O) groups is 1. The molecule has 2 aromatic heterocycles. The van der Waals surface area contributed by atoms with Crippen LogP contribution in [0.15, 0.2) is 88.6 Å². The maximum Gasteiger partial charge on any atom is 0.279 e. The minimum Gasteiger partial charge on any atom is -0.414 e. The number of hydrogen-bond acceptors (Lipinski definition) is 7. The van der Waals surface area contributed by atoms with Gasteiger partial charge in [-0.2, -0.15) is 4.68 Å². The maximum absolute atomic E-state index is 13.0. The van der Waals surface area contributed by atoms with Crippen LogP contribution in [-0.2, 0) is 0 Å². The summed E-state index contributed by atoms with van der Waals surface area (Å²) >= 11 is 5.45. The second-order valence-corrected chi connectivity index (χ2v) is 6.82. The number of hydrogen-bond donors (Lipinski definition) is 1. The van der Waals surface area contributed by atoms with Crippen LogP contribution in [0.4, 0.5) is 5.69 Å². The summed E-state index contributed by atoms with van der Waals surface area (Å²) in [6.45, 7) is 2.00. The average molecular weight is 415 g/mol. The molecule has 0 atom stereocenters. The van der Waals surface area contributed by atoms with Crippen molar-refractivity contribution in [2.45, 2.75) is 6.92 Å². The first-order chi connectivity index (χ1) is 14.6. The minimum atomic E-state index is -0.381. The molecule has 0 fully saturated rings. The summed E-state index contributed by atoms with van der Waals surface area (Å²) in [5, 5.41) is 8.59. The first kappa shape index (κ1) is 19.4. The molecule has 0 saturated carbocycles. The maximum atomic E-state index is 13.0. The molecule has 4 rings (SSSR count). The summed E-state index contributed by atoms with van der Waals surface area (Å²) in [5.41, 5.74) is 5.89. The third-order valence-corrected chi connectivity index (χ3v) is 4.57. The van der Waals surface area contributed by atoms with Gasteiger partial charge in [-0.15, -0.1) is 10.2 Å². The molecule has 2 heterocycles. The molecule has 0 bridgehead atoms. The Morgan fingerprint density at radius 1 is 1.07 bits per heavy atom. The SMILES string of the molecule is Cc1ccc(N/N=c2/oc(-c3cccnc3)nn(C(=O)c3ccccc3)c2=S)cc1. The van der Waals surface area contributed by atoms with Gasteiger partial charge in [0.2, 0.25) is 5.89 Å². The number of pyridine rings is 1. The zero-order chi connectivity index (χ0) is 20.9. The molecular formula is C22H17N5O2S. The standard InChI is InChI=1S/C22H17N5O2S/c1-15-9-11-18(12-10-15)24-25-20-22(30)27(21(28)16-6-3-2-4-7-16)26-19(29-20)17-8-5-13-23-14-17/h2-14,24H,1H3/b25-20+. The van der Waals surface area contributed by atoms with Crippen LogP contribution < -0.4 is 11.0 Å². The van der Waals surface area contributed by atoms with E-state index in [1.807, 2.05) is 37.3 Å². The van der Waals surface area contributed by atoms with Crippen LogP contribution in [0.3, 0.4) is 0 Å². The van der Waals surface area contributed by atoms with E-state index in [4.69, 9.17) is 16.6 Å². The number of aryl methyl sites for hydroxylation is 1.